The number of amides is 4. The predicted octanol–water partition coefficient (Wildman–Crippen LogP) is 6.70. The second kappa shape index (κ2) is 15.5. The number of likely N-dealkylation sites (N-methyl/N-ethyl adjacent to an activating group) is 2. The van der Waals surface area contributed by atoms with E-state index in [1.807, 2.05) is 12.1 Å². The Bertz CT molecular complexity index is 2360. The topological polar surface area (TPSA) is 196 Å². The van der Waals surface area contributed by atoms with Crippen LogP contribution in [0.4, 0.5) is 9.59 Å². The summed E-state index contributed by atoms with van der Waals surface area (Å²) in [6.07, 6.45) is 0.303. The molecule has 8 rings (SSSR count). The molecular weight excluding hydrogens is 741 g/mol. The van der Waals surface area contributed by atoms with E-state index in [2.05, 4.69) is 9.97 Å². The second-order valence-corrected chi connectivity index (χ2v) is 14.8. The number of H-pyrrole nitrogens is 2. The Balaban J connectivity index is 1.02. The molecule has 0 aliphatic carbocycles. The largest absolute Gasteiger partial charge is 0.465 e. The summed E-state index contributed by atoms with van der Waals surface area (Å²) in [7, 11) is 2.79. The van der Waals surface area contributed by atoms with Crippen molar-refractivity contribution in [1.82, 2.24) is 39.5 Å². The first-order valence-electron chi connectivity index (χ1n) is 19.2. The SMILES string of the molecule is CN(C(=O)O)[C@@H](C(=O)N1CCC[C@H]1c1nc2ccc(C(=O)c3ccc4nc([C@@H]5CCCN5C(=O)[C@@H](c5ccccc5)N(C)C(=O)O)[nH]c4c3)cc2[nH]1)c1ccccc1. The molecule has 4 aromatic carbocycles. The van der Waals surface area contributed by atoms with E-state index in [-0.39, 0.29) is 17.6 Å². The molecular formula is C43H42N8O7. The van der Waals surface area contributed by atoms with Crippen molar-refractivity contribution in [3.63, 3.8) is 0 Å². The number of likely N-dealkylation sites (tertiary alicyclic amines) is 2. The first-order chi connectivity index (χ1) is 28.0. The van der Waals surface area contributed by atoms with E-state index >= 15 is 0 Å². The number of benzene rings is 4. The molecule has 2 saturated heterocycles. The van der Waals surface area contributed by atoms with Crippen molar-refractivity contribution in [3.8, 4) is 0 Å². The maximum absolute atomic E-state index is 14.0. The summed E-state index contributed by atoms with van der Waals surface area (Å²) in [5, 5.41) is 19.6. The van der Waals surface area contributed by atoms with Crippen LogP contribution in [0, 0.1) is 0 Å². The van der Waals surface area contributed by atoms with Crippen molar-refractivity contribution in [3.05, 3.63) is 131 Å². The van der Waals surface area contributed by atoms with Crippen molar-refractivity contribution >= 4 is 51.9 Å². The van der Waals surface area contributed by atoms with E-state index in [0.29, 0.717) is 81.9 Å². The number of rotatable bonds is 10. The number of carbonyl (C=O) groups excluding carboxylic acids is 3. The van der Waals surface area contributed by atoms with Gasteiger partial charge in [0, 0.05) is 38.3 Å². The van der Waals surface area contributed by atoms with Crippen molar-refractivity contribution in [2.75, 3.05) is 27.2 Å². The Morgan fingerprint density at radius 2 is 1.02 bits per heavy atom. The average Bonchev–Trinajstić information content (AvgIpc) is 4.06. The standard InChI is InChI=1S/C43H42N8O7/c1-48(42(55)56)35(25-11-5-3-6-12-25)40(53)50-21-9-15-33(50)38-44-29-19-17-27(23-31(29)46-38)37(52)28-18-20-30-32(24-28)47-39(45-30)34-16-10-22-51(34)41(54)36(49(2)43(57)58)26-13-7-4-8-14-26/h3-8,11-14,17-20,23-24,33-36H,9-10,15-16,21-22H2,1-2H3,(H,44,46)(H,45,47)(H,55,56)(H,57,58)/t33-,34-,35+,36+/m0/s1. The Labute approximate surface area is 332 Å². The van der Waals surface area contributed by atoms with Crippen LogP contribution in [0.5, 0.6) is 0 Å². The molecule has 0 saturated carbocycles. The van der Waals surface area contributed by atoms with Crippen LogP contribution in [-0.2, 0) is 9.59 Å². The summed E-state index contributed by atoms with van der Waals surface area (Å²) in [4.78, 5) is 87.7. The Morgan fingerprint density at radius 3 is 1.40 bits per heavy atom. The lowest BCUT2D eigenvalue weighted by Gasteiger charge is -2.32. The van der Waals surface area contributed by atoms with Gasteiger partial charge in [0.15, 0.2) is 5.78 Å². The van der Waals surface area contributed by atoms with Gasteiger partial charge >= 0.3 is 12.2 Å². The number of imidazole rings is 2. The minimum absolute atomic E-state index is 0.226. The number of ketones is 1. The molecule has 2 fully saturated rings. The minimum atomic E-state index is -1.21. The molecule has 2 aliphatic heterocycles. The first-order valence-corrected chi connectivity index (χ1v) is 19.2. The third-order valence-corrected chi connectivity index (χ3v) is 11.3. The number of hydrogen-bond donors (Lipinski definition) is 4. The average molecular weight is 783 g/mol. The molecule has 0 bridgehead atoms. The lowest BCUT2D eigenvalue weighted by atomic mass is 10.0. The van der Waals surface area contributed by atoms with Crippen LogP contribution in [0.3, 0.4) is 0 Å². The number of aromatic amines is 2. The number of nitrogens with one attached hydrogen (secondary N) is 2. The Kier molecular flexibility index (Phi) is 10.1. The van der Waals surface area contributed by atoms with Crippen molar-refractivity contribution in [2.45, 2.75) is 49.9 Å². The van der Waals surface area contributed by atoms with E-state index in [1.54, 1.807) is 94.7 Å². The summed E-state index contributed by atoms with van der Waals surface area (Å²) < 4.78 is 0. The van der Waals surface area contributed by atoms with E-state index in [1.165, 1.54) is 14.1 Å². The molecule has 4 heterocycles. The number of hydrogen-bond acceptors (Lipinski definition) is 7. The molecule has 58 heavy (non-hydrogen) atoms. The molecule has 4 atom stereocenters. The van der Waals surface area contributed by atoms with Gasteiger partial charge in [-0.2, -0.15) is 0 Å². The molecule has 4 amide bonds. The minimum Gasteiger partial charge on any atom is -0.465 e. The molecule has 2 aliphatic rings. The van der Waals surface area contributed by atoms with Crippen LogP contribution >= 0.6 is 0 Å². The lowest BCUT2D eigenvalue weighted by Crippen LogP contribution is -2.43. The van der Waals surface area contributed by atoms with Gasteiger partial charge in [-0.05, 0) is 73.2 Å². The van der Waals surface area contributed by atoms with Gasteiger partial charge in [-0.3, -0.25) is 24.2 Å². The van der Waals surface area contributed by atoms with Crippen molar-refractivity contribution < 1.29 is 34.2 Å². The van der Waals surface area contributed by atoms with Crippen LogP contribution in [0.15, 0.2) is 97.1 Å². The zero-order valence-electron chi connectivity index (χ0n) is 31.9. The number of carbonyl (C=O) groups is 5. The Morgan fingerprint density at radius 1 is 0.621 bits per heavy atom. The zero-order valence-corrected chi connectivity index (χ0v) is 31.9. The van der Waals surface area contributed by atoms with Crippen LogP contribution in [-0.4, -0.2) is 107 Å². The van der Waals surface area contributed by atoms with Crippen LogP contribution < -0.4 is 0 Å². The zero-order chi connectivity index (χ0) is 40.7. The monoisotopic (exact) mass is 782 g/mol. The van der Waals surface area contributed by atoms with Gasteiger partial charge in [0.25, 0.3) is 11.8 Å². The second-order valence-electron chi connectivity index (χ2n) is 14.8. The molecule has 0 spiro atoms. The summed E-state index contributed by atoms with van der Waals surface area (Å²) in [5.41, 5.74) is 4.51. The van der Waals surface area contributed by atoms with Crippen molar-refractivity contribution in [2.24, 2.45) is 0 Å². The fourth-order valence-corrected chi connectivity index (χ4v) is 8.32. The number of fused-ring (bicyclic) bond motifs is 2. The fraction of sp³-hybridized carbons (Fsp3) is 0.279. The van der Waals surface area contributed by atoms with Gasteiger partial charge in [-0.15, -0.1) is 0 Å². The maximum atomic E-state index is 14.0. The highest BCUT2D eigenvalue weighted by molar-refractivity contribution is 6.11. The van der Waals surface area contributed by atoms with Gasteiger partial charge in [0.1, 0.15) is 23.7 Å². The molecule has 4 N–H and O–H groups in total. The van der Waals surface area contributed by atoms with Gasteiger partial charge in [0.05, 0.1) is 34.2 Å². The van der Waals surface area contributed by atoms with Crippen LogP contribution in [0.25, 0.3) is 22.1 Å². The van der Waals surface area contributed by atoms with E-state index < -0.39 is 36.4 Å². The molecule has 296 valence electrons. The normalized spacial score (nSPS) is 17.7. The van der Waals surface area contributed by atoms with Crippen molar-refractivity contribution in [1.29, 1.82) is 0 Å². The smallest absolute Gasteiger partial charge is 0.407 e. The molecule has 15 nitrogen and oxygen atoms in total. The highest BCUT2D eigenvalue weighted by Gasteiger charge is 2.40. The number of aromatic nitrogens is 4. The summed E-state index contributed by atoms with van der Waals surface area (Å²) >= 11 is 0. The first kappa shape index (κ1) is 37.9. The molecule has 0 unspecified atom stereocenters. The van der Waals surface area contributed by atoms with Gasteiger partial charge in [-0.25, -0.2) is 19.6 Å². The molecule has 15 heteroatoms. The highest BCUT2D eigenvalue weighted by Crippen LogP contribution is 2.37. The molecule has 0 radical (unpaired) electrons. The van der Waals surface area contributed by atoms with Crippen LogP contribution in [0.2, 0.25) is 0 Å². The quantitative estimate of drug-likeness (QED) is 0.109. The maximum Gasteiger partial charge on any atom is 0.407 e. The summed E-state index contributed by atoms with van der Waals surface area (Å²) in [6, 6.07) is 25.3. The predicted molar refractivity (Wildman–Crippen MR) is 213 cm³/mol. The van der Waals surface area contributed by atoms with E-state index in [4.69, 9.17) is 9.97 Å². The Hall–Kier alpha value is -7.03. The van der Waals surface area contributed by atoms with E-state index in [0.717, 1.165) is 22.6 Å². The number of carboxylic acid groups (broad SMARTS) is 2. The third-order valence-electron chi connectivity index (χ3n) is 11.3. The highest BCUT2D eigenvalue weighted by atomic mass is 16.4. The number of nitrogens with zero attached hydrogens (tertiary/aromatic N) is 6. The lowest BCUT2D eigenvalue weighted by molar-refractivity contribution is -0.138. The van der Waals surface area contributed by atoms with Gasteiger partial charge < -0.3 is 30.0 Å². The van der Waals surface area contributed by atoms with Gasteiger partial charge in [0.2, 0.25) is 0 Å². The fourth-order valence-electron chi connectivity index (χ4n) is 8.32. The summed E-state index contributed by atoms with van der Waals surface area (Å²) in [6.45, 7) is 0.897. The molecule has 6 aromatic rings. The summed E-state index contributed by atoms with van der Waals surface area (Å²) in [5.74, 6) is 0.233. The van der Waals surface area contributed by atoms with Crippen LogP contribution in [0.1, 0.15) is 88.5 Å². The molecule has 2 aromatic heterocycles. The van der Waals surface area contributed by atoms with E-state index in [9.17, 15) is 34.2 Å². The third kappa shape index (κ3) is 6.99. The van der Waals surface area contributed by atoms with Gasteiger partial charge in [-0.1, -0.05) is 60.7 Å².